The van der Waals surface area contributed by atoms with E-state index in [0.717, 1.165) is 6.07 Å². The molecule has 1 aromatic carbocycles. The number of halogens is 6. The number of pyridine rings is 1. The Hall–Kier alpha value is -2.95. The minimum absolute atomic E-state index is 0.0704. The highest BCUT2D eigenvalue weighted by molar-refractivity contribution is 7.13. The van der Waals surface area contributed by atoms with E-state index in [1.165, 1.54) is 32.0 Å². The molecule has 0 radical (unpaired) electrons. The molecule has 3 aromatic rings. The van der Waals surface area contributed by atoms with Crippen LogP contribution >= 0.6 is 11.3 Å². The molecule has 0 fully saturated rings. The largest absolute Gasteiger partial charge is 0.435 e. The molecule has 30 heavy (non-hydrogen) atoms. The number of carbonyl (C=O) groups excluding carboxylic acids is 1. The van der Waals surface area contributed by atoms with E-state index < -0.39 is 34.4 Å². The zero-order chi connectivity index (χ0) is 22.3. The third kappa shape index (κ3) is 4.45. The fraction of sp³-hybridized carbons (Fsp3) is 0.211. The second kappa shape index (κ2) is 7.71. The number of carbonyl (C=O) groups is 1. The van der Waals surface area contributed by atoms with Gasteiger partial charge in [0.25, 0.3) is 5.91 Å². The predicted molar refractivity (Wildman–Crippen MR) is 99.2 cm³/mol. The maximum atomic E-state index is 13.2. The van der Waals surface area contributed by atoms with E-state index in [-0.39, 0.29) is 27.5 Å². The molecule has 1 N–H and O–H groups in total. The SMILES string of the molecule is Cc1nc(C(F)(F)F)c(C(=O)Nc2ccccc2-c2ncc(C(F)(F)F)cc2C)s1. The fourth-order valence-corrected chi connectivity index (χ4v) is 3.60. The molecule has 2 heterocycles. The maximum absolute atomic E-state index is 13.2. The first-order valence-corrected chi connectivity index (χ1v) is 9.19. The van der Waals surface area contributed by atoms with E-state index in [1.54, 1.807) is 6.07 Å². The highest BCUT2D eigenvalue weighted by Gasteiger charge is 2.39. The summed E-state index contributed by atoms with van der Waals surface area (Å²) in [6.07, 6.45) is -8.71. The van der Waals surface area contributed by atoms with Gasteiger partial charge in [-0.15, -0.1) is 11.3 Å². The van der Waals surface area contributed by atoms with Crippen LogP contribution in [-0.4, -0.2) is 15.9 Å². The van der Waals surface area contributed by atoms with Crippen LogP contribution in [0.5, 0.6) is 0 Å². The zero-order valence-electron chi connectivity index (χ0n) is 15.4. The van der Waals surface area contributed by atoms with E-state index in [9.17, 15) is 31.1 Å². The van der Waals surface area contributed by atoms with Gasteiger partial charge in [-0.05, 0) is 31.5 Å². The van der Waals surface area contributed by atoms with Crippen molar-refractivity contribution in [3.63, 3.8) is 0 Å². The van der Waals surface area contributed by atoms with Crippen LogP contribution in [0.1, 0.15) is 31.5 Å². The van der Waals surface area contributed by atoms with E-state index in [2.05, 4.69) is 15.3 Å². The average Bonchev–Trinajstić information content (AvgIpc) is 3.04. The lowest BCUT2D eigenvalue weighted by Gasteiger charge is -2.14. The molecule has 4 nitrogen and oxygen atoms in total. The average molecular weight is 445 g/mol. The van der Waals surface area contributed by atoms with Crippen LogP contribution in [0.2, 0.25) is 0 Å². The van der Waals surface area contributed by atoms with Crippen molar-refractivity contribution in [3.8, 4) is 11.3 Å². The summed E-state index contributed by atoms with van der Waals surface area (Å²) in [5.41, 5.74) is -1.49. The van der Waals surface area contributed by atoms with Gasteiger partial charge in [-0.25, -0.2) is 4.98 Å². The lowest BCUT2D eigenvalue weighted by atomic mass is 10.0. The van der Waals surface area contributed by atoms with Gasteiger partial charge in [0.2, 0.25) is 0 Å². The van der Waals surface area contributed by atoms with Gasteiger partial charge in [0, 0.05) is 11.8 Å². The lowest BCUT2D eigenvalue weighted by Crippen LogP contribution is -2.17. The summed E-state index contributed by atoms with van der Waals surface area (Å²) in [6, 6.07) is 6.94. The predicted octanol–water partition coefficient (Wildman–Crippen LogP) is 6.11. The van der Waals surface area contributed by atoms with Gasteiger partial charge >= 0.3 is 12.4 Å². The summed E-state index contributed by atoms with van der Waals surface area (Å²) in [5.74, 6) is -1.02. The second-order valence-electron chi connectivity index (χ2n) is 6.30. The molecule has 0 aliphatic heterocycles. The number of amides is 1. The number of anilines is 1. The van der Waals surface area contributed by atoms with Crippen molar-refractivity contribution in [1.29, 1.82) is 0 Å². The van der Waals surface area contributed by atoms with Crippen molar-refractivity contribution in [2.45, 2.75) is 26.2 Å². The summed E-state index contributed by atoms with van der Waals surface area (Å²) in [5, 5.41) is 2.46. The Balaban J connectivity index is 1.99. The number of hydrogen-bond donors (Lipinski definition) is 1. The molecular weight excluding hydrogens is 432 g/mol. The molecule has 3 rings (SSSR count). The molecule has 11 heteroatoms. The topological polar surface area (TPSA) is 54.9 Å². The van der Waals surface area contributed by atoms with Crippen LogP contribution in [0.3, 0.4) is 0 Å². The number of aromatic nitrogens is 2. The molecule has 0 aliphatic carbocycles. The Morgan fingerprint density at radius 1 is 1.03 bits per heavy atom. The van der Waals surface area contributed by atoms with Crippen LogP contribution < -0.4 is 5.32 Å². The molecule has 1 amide bonds. The van der Waals surface area contributed by atoms with Gasteiger partial charge < -0.3 is 5.32 Å². The molecule has 158 valence electrons. The van der Waals surface area contributed by atoms with Crippen LogP contribution in [0.4, 0.5) is 32.0 Å². The third-order valence-corrected chi connectivity index (χ3v) is 5.01. The number of nitrogens with zero attached hydrogens (tertiary/aromatic N) is 2. The molecule has 0 saturated heterocycles. The van der Waals surface area contributed by atoms with Crippen molar-refractivity contribution in [1.82, 2.24) is 9.97 Å². The number of nitrogens with one attached hydrogen (secondary N) is 1. The van der Waals surface area contributed by atoms with Gasteiger partial charge in [-0.3, -0.25) is 9.78 Å². The number of benzene rings is 1. The molecule has 2 aromatic heterocycles. The molecule has 0 saturated carbocycles. The summed E-state index contributed by atoms with van der Waals surface area (Å²) < 4.78 is 78.1. The molecule has 0 bridgehead atoms. The van der Waals surface area contributed by atoms with Crippen LogP contribution in [0, 0.1) is 13.8 Å². The van der Waals surface area contributed by atoms with E-state index in [1.807, 2.05) is 0 Å². The zero-order valence-corrected chi connectivity index (χ0v) is 16.3. The van der Waals surface area contributed by atoms with Crippen LogP contribution in [0.15, 0.2) is 36.5 Å². The number of para-hydroxylation sites is 1. The second-order valence-corrected chi connectivity index (χ2v) is 7.50. The van der Waals surface area contributed by atoms with Crippen LogP contribution in [-0.2, 0) is 12.4 Å². The Bertz CT molecular complexity index is 1100. The molecule has 0 spiro atoms. The van der Waals surface area contributed by atoms with Crippen molar-refractivity contribution in [2.24, 2.45) is 0 Å². The number of alkyl halides is 6. The molecular formula is C19H13F6N3OS. The summed E-state index contributed by atoms with van der Waals surface area (Å²) >= 11 is 0.594. The number of rotatable bonds is 3. The van der Waals surface area contributed by atoms with Gasteiger partial charge in [0.05, 0.1) is 22.0 Å². The number of hydrogen-bond acceptors (Lipinski definition) is 4. The smallest absolute Gasteiger partial charge is 0.321 e. The Morgan fingerprint density at radius 2 is 1.70 bits per heavy atom. The summed E-state index contributed by atoms with van der Waals surface area (Å²) in [4.78, 5) is 19.2. The van der Waals surface area contributed by atoms with Crippen molar-refractivity contribution in [3.05, 3.63) is 63.2 Å². The van der Waals surface area contributed by atoms with Crippen molar-refractivity contribution < 1.29 is 31.1 Å². The lowest BCUT2D eigenvalue weighted by molar-refractivity contribution is -0.141. The van der Waals surface area contributed by atoms with E-state index in [0.29, 0.717) is 17.5 Å². The maximum Gasteiger partial charge on any atom is 0.435 e. The summed E-state index contributed by atoms with van der Waals surface area (Å²) in [7, 11) is 0. The Morgan fingerprint density at radius 3 is 2.30 bits per heavy atom. The Labute approximate surface area is 170 Å². The molecule has 0 atom stereocenters. The third-order valence-electron chi connectivity index (χ3n) is 4.04. The fourth-order valence-electron chi connectivity index (χ4n) is 2.76. The quantitative estimate of drug-likeness (QED) is 0.495. The standard InChI is InChI=1S/C19H13F6N3OS/c1-9-7-11(18(20,21)22)8-26-14(9)12-5-3-4-6-13(12)28-17(29)15-16(19(23,24)25)27-10(2)30-15/h3-8H,1-2H3,(H,28,29). The normalized spacial score (nSPS) is 12.1. The summed E-state index contributed by atoms with van der Waals surface area (Å²) in [6.45, 7) is 2.77. The van der Waals surface area contributed by atoms with Gasteiger partial charge in [-0.1, -0.05) is 18.2 Å². The number of aryl methyl sites for hydroxylation is 2. The first-order chi connectivity index (χ1) is 13.9. The van der Waals surface area contributed by atoms with E-state index in [4.69, 9.17) is 0 Å². The van der Waals surface area contributed by atoms with Crippen molar-refractivity contribution in [2.75, 3.05) is 5.32 Å². The van der Waals surface area contributed by atoms with E-state index >= 15 is 0 Å². The van der Waals surface area contributed by atoms with Crippen molar-refractivity contribution >= 4 is 22.9 Å². The first-order valence-electron chi connectivity index (χ1n) is 8.37. The van der Waals surface area contributed by atoms with Gasteiger partial charge in [0.15, 0.2) is 5.69 Å². The molecule has 0 aliphatic rings. The Kier molecular flexibility index (Phi) is 5.59. The van der Waals surface area contributed by atoms with Gasteiger partial charge in [-0.2, -0.15) is 26.3 Å². The highest BCUT2D eigenvalue weighted by atomic mass is 32.1. The number of thiazole rings is 1. The highest BCUT2D eigenvalue weighted by Crippen LogP contribution is 2.36. The molecule has 0 unspecified atom stereocenters. The minimum Gasteiger partial charge on any atom is -0.321 e. The monoisotopic (exact) mass is 445 g/mol. The minimum atomic E-state index is -4.80. The van der Waals surface area contributed by atoms with Crippen LogP contribution in [0.25, 0.3) is 11.3 Å². The van der Waals surface area contributed by atoms with Gasteiger partial charge in [0.1, 0.15) is 4.88 Å². The first kappa shape index (κ1) is 21.8.